The van der Waals surface area contributed by atoms with Gasteiger partial charge in [0, 0.05) is 12.8 Å². The zero-order valence-electron chi connectivity index (χ0n) is 45.9. The smallest absolute Gasteiger partial charge is 0.305 e. The summed E-state index contributed by atoms with van der Waals surface area (Å²) in [5, 5.41) is 23.3. The fourth-order valence-corrected chi connectivity index (χ4v) is 9.51. The third-order valence-corrected chi connectivity index (χ3v) is 14.2. The van der Waals surface area contributed by atoms with Crippen LogP contribution >= 0.6 is 0 Å². The van der Waals surface area contributed by atoms with Crippen molar-refractivity contribution in [2.24, 2.45) is 0 Å². The summed E-state index contributed by atoms with van der Waals surface area (Å²) in [5.41, 5.74) is 0. The van der Waals surface area contributed by atoms with E-state index in [0.717, 1.165) is 44.9 Å². The van der Waals surface area contributed by atoms with Crippen molar-refractivity contribution in [3.8, 4) is 0 Å². The molecule has 0 aliphatic heterocycles. The van der Waals surface area contributed by atoms with E-state index in [-0.39, 0.29) is 18.5 Å². The number of esters is 1. The Balaban J connectivity index is 3.44. The van der Waals surface area contributed by atoms with Gasteiger partial charge in [-0.1, -0.05) is 269 Å². The number of amides is 1. The van der Waals surface area contributed by atoms with E-state index in [4.69, 9.17) is 4.74 Å². The van der Waals surface area contributed by atoms with Crippen LogP contribution in [0.5, 0.6) is 0 Å². The molecular weight excluding hydrogens is 839 g/mol. The van der Waals surface area contributed by atoms with Gasteiger partial charge in [0.05, 0.1) is 25.4 Å². The minimum Gasteiger partial charge on any atom is -0.466 e. The first-order valence-electron chi connectivity index (χ1n) is 30.6. The molecule has 0 heterocycles. The van der Waals surface area contributed by atoms with E-state index in [1.807, 2.05) is 0 Å². The van der Waals surface area contributed by atoms with Gasteiger partial charge in [0.15, 0.2) is 0 Å². The van der Waals surface area contributed by atoms with Crippen molar-refractivity contribution in [3.05, 3.63) is 24.3 Å². The predicted molar refractivity (Wildman–Crippen MR) is 296 cm³/mol. The number of carbonyl (C=O) groups is 2. The van der Waals surface area contributed by atoms with E-state index in [0.29, 0.717) is 25.9 Å². The van der Waals surface area contributed by atoms with E-state index in [9.17, 15) is 19.8 Å². The van der Waals surface area contributed by atoms with Crippen LogP contribution in [0, 0.1) is 0 Å². The fraction of sp³-hybridized carbons (Fsp3) is 0.903. The van der Waals surface area contributed by atoms with E-state index in [1.54, 1.807) is 0 Å². The predicted octanol–water partition coefficient (Wildman–Crippen LogP) is 19.0. The molecule has 2 unspecified atom stereocenters. The van der Waals surface area contributed by atoms with Crippen LogP contribution in [0.25, 0.3) is 0 Å². The molecule has 0 aromatic heterocycles. The van der Waals surface area contributed by atoms with Gasteiger partial charge in [-0.2, -0.15) is 0 Å². The van der Waals surface area contributed by atoms with Gasteiger partial charge in [0.25, 0.3) is 0 Å². The first-order valence-corrected chi connectivity index (χ1v) is 30.6. The number of carbonyl (C=O) groups excluding carboxylic acids is 2. The molecule has 3 N–H and O–H groups in total. The maximum Gasteiger partial charge on any atom is 0.305 e. The molecule has 0 aliphatic carbocycles. The van der Waals surface area contributed by atoms with Crippen molar-refractivity contribution in [2.75, 3.05) is 13.2 Å². The van der Waals surface area contributed by atoms with Crippen molar-refractivity contribution in [3.63, 3.8) is 0 Å². The Morgan fingerprint density at radius 3 is 1.07 bits per heavy atom. The average molecular weight is 959 g/mol. The Hall–Kier alpha value is -1.66. The topological polar surface area (TPSA) is 95.9 Å². The highest BCUT2D eigenvalue weighted by Crippen LogP contribution is 2.17. The Kier molecular flexibility index (Phi) is 56.5. The number of allylic oxidation sites excluding steroid dienone is 4. The molecule has 0 saturated heterocycles. The number of hydrogen-bond acceptors (Lipinski definition) is 5. The second-order valence-corrected chi connectivity index (χ2v) is 21.0. The second-order valence-electron chi connectivity index (χ2n) is 21.0. The summed E-state index contributed by atoms with van der Waals surface area (Å²) < 4.78 is 5.46. The monoisotopic (exact) mass is 958 g/mol. The summed E-state index contributed by atoms with van der Waals surface area (Å²) in [6, 6.07) is -0.548. The maximum absolute atomic E-state index is 12.5. The molecule has 0 saturated carbocycles. The molecule has 0 spiro atoms. The molecule has 0 aliphatic rings. The van der Waals surface area contributed by atoms with Crippen LogP contribution < -0.4 is 5.32 Å². The van der Waals surface area contributed by atoms with Crippen LogP contribution in [0.4, 0.5) is 0 Å². The van der Waals surface area contributed by atoms with Crippen molar-refractivity contribution >= 4 is 11.9 Å². The SMILES string of the molecule is CCCCC/C=C\CCCCCCCC(=O)OCCCCCCCCCCC/C=C\CCCCCCCCCC(=O)NC(CO)C(O)CCCCCCCCCCCCCCCCCCCCC. The van der Waals surface area contributed by atoms with Crippen LogP contribution in [0.15, 0.2) is 24.3 Å². The van der Waals surface area contributed by atoms with Gasteiger partial charge >= 0.3 is 5.97 Å². The first kappa shape index (κ1) is 66.3. The molecule has 0 aromatic rings. The Morgan fingerprint density at radius 1 is 0.397 bits per heavy atom. The summed E-state index contributed by atoms with van der Waals surface area (Å²) in [7, 11) is 0. The summed E-state index contributed by atoms with van der Waals surface area (Å²) in [4.78, 5) is 24.5. The normalized spacial score (nSPS) is 12.7. The van der Waals surface area contributed by atoms with E-state index >= 15 is 0 Å². The van der Waals surface area contributed by atoms with Gasteiger partial charge < -0.3 is 20.3 Å². The van der Waals surface area contributed by atoms with Crippen LogP contribution in [0.3, 0.4) is 0 Å². The van der Waals surface area contributed by atoms with Gasteiger partial charge in [-0.15, -0.1) is 0 Å². The van der Waals surface area contributed by atoms with Crippen LogP contribution in [-0.2, 0) is 14.3 Å². The quantitative estimate of drug-likeness (QED) is 0.0321. The largest absolute Gasteiger partial charge is 0.466 e. The first-order chi connectivity index (χ1) is 33.5. The molecule has 6 heteroatoms. The van der Waals surface area contributed by atoms with Crippen LogP contribution in [0.1, 0.15) is 335 Å². The number of ether oxygens (including phenoxy) is 1. The molecule has 0 rings (SSSR count). The van der Waals surface area contributed by atoms with E-state index in [2.05, 4.69) is 43.5 Å². The zero-order valence-corrected chi connectivity index (χ0v) is 45.9. The number of aliphatic hydroxyl groups is 2. The van der Waals surface area contributed by atoms with Crippen LogP contribution in [0.2, 0.25) is 0 Å². The molecule has 2 atom stereocenters. The molecule has 0 aromatic carbocycles. The zero-order chi connectivity index (χ0) is 49.3. The van der Waals surface area contributed by atoms with E-state index in [1.165, 1.54) is 257 Å². The van der Waals surface area contributed by atoms with Crippen molar-refractivity contribution in [1.29, 1.82) is 0 Å². The summed E-state index contributed by atoms with van der Waals surface area (Å²) in [6.45, 7) is 4.94. The number of nitrogens with one attached hydrogen (secondary N) is 1. The number of aliphatic hydroxyl groups excluding tert-OH is 2. The lowest BCUT2D eigenvalue weighted by atomic mass is 10.0. The van der Waals surface area contributed by atoms with Gasteiger partial charge in [-0.3, -0.25) is 9.59 Å². The summed E-state index contributed by atoms with van der Waals surface area (Å²) in [5.74, 6) is -0.0445. The molecule has 6 nitrogen and oxygen atoms in total. The minimum atomic E-state index is -0.670. The second kappa shape index (κ2) is 57.9. The van der Waals surface area contributed by atoms with Gasteiger partial charge in [0.2, 0.25) is 5.91 Å². The molecule has 68 heavy (non-hydrogen) atoms. The average Bonchev–Trinajstić information content (AvgIpc) is 3.34. The van der Waals surface area contributed by atoms with Crippen molar-refractivity contribution < 1.29 is 24.5 Å². The Morgan fingerprint density at radius 2 is 0.691 bits per heavy atom. The summed E-state index contributed by atoms with van der Waals surface area (Å²) in [6.07, 6.45) is 70.3. The van der Waals surface area contributed by atoms with Gasteiger partial charge in [-0.05, 0) is 77.0 Å². The molecule has 0 radical (unpaired) electrons. The van der Waals surface area contributed by atoms with Crippen molar-refractivity contribution in [2.45, 2.75) is 347 Å². The van der Waals surface area contributed by atoms with E-state index < -0.39 is 12.1 Å². The Bertz CT molecular complexity index is 1060. The van der Waals surface area contributed by atoms with Crippen molar-refractivity contribution in [1.82, 2.24) is 5.32 Å². The molecule has 0 bridgehead atoms. The lowest BCUT2D eigenvalue weighted by Crippen LogP contribution is -2.45. The minimum absolute atomic E-state index is 0.00347. The lowest BCUT2D eigenvalue weighted by molar-refractivity contribution is -0.143. The molecule has 0 fully saturated rings. The standard InChI is InChI=1S/C62H119NO5/c1-3-5-7-9-11-13-15-17-18-19-22-25-28-31-34-38-42-46-50-54-60(65)59(58-64)63-61(66)55-51-47-43-39-35-32-29-26-23-20-21-24-27-30-33-37-41-45-49-53-57-68-62(67)56-52-48-44-40-36-16-14-12-10-8-6-4-2/h12,14,20,23,59-60,64-65H,3-11,13,15-19,21-22,24-58H2,1-2H3,(H,63,66)/b14-12-,23-20-. The number of rotatable bonds is 57. The number of unbranched alkanes of at least 4 members (excludes halogenated alkanes) is 42. The highest BCUT2D eigenvalue weighted by molar-refractivity contribution is 5.76. The lowest BCUT2D eigenvalue weighted by Gasteiger charge is -2.22. The molecule has 402 valence electrons. The van der Waals surface area contributed by atoms with Gasteiger partial charge in [-0.25, -0.2) is 0 Å². The fourth-order valence-electron chi connectivity index (χ4n) is 9.51. The third kappa shape index (κ3) is 53.7. The molecule has 1 amide bonds. The van der Waals surface area contributed by atoms with Crippen LogP contribution in [-0.4, -0.2) is 47.4 Å². The number of hydrogen-bond donors (Lipinski definition) is 3. The summed E-state index contributed by atoms with van der Waals surface area (Å²) >= 11 is 0. The van der Waals surface area contributed by atoms with Gasteiger partial charge in [0.1, 0.15) is 0 Å². The highest BCUT2D eigenvalue weighted by Gasteiger charge is 2.20. The molecular formula is C62H119NO5. The third-order valence-electron chi connectivity index (χ3n) is 14.2. The maximum atomic E-state index is 12.5. The Labute approximate surface area is 424 Å². The highest BCUT2D eigenvalue weighted by atomic mass is 16.5.